The van der Waals surface area contributed by atoms with E-state index in [1.54, 1.807) is 0 Å². The van der Waals surface area contributed by atoms with Crippen molar-refractivity contribution in [3.63, 3.8) is 0 Å². The summed E-state index contributed by atoms with van der Waals surface area (Å²) in [5.74, 6) is 0.250. The summed E-state index contributed by atoms with van der Waals surface area (Å²) in [6.07, 6.45) is 4.38. The van der Waals surface area contributed by atoms with E-state index in [1.807, 2.05) is 24.3 Å². The Kier molecular flexibility index (Phi) is 3.82. The van der Waals surface area contributed by atoms with Gasteiger partial charge in [-0.3, -0.25) is 0 Å². The second-order valence-corrected chi connectivity index (χ2v) is 6.28. The molecule has 0 saturated heterocycles. The van der Waals surface area contributed by atoms with Gasteiger partial charge in [-0.05, 0) is 37.0 Å². The minimum atomic E-state index is -0.420. The van der Waals surface area contributed by atoms with Crippen LogP contribution in [0.25, 0.3) is 0 Å². The SMILES string of the molecule is NC1(c2ncc(C(=O)OCc3cccc(Br)c3)[nH]2)CCC1. The fourth-order valence-electron chi connectivity index (χ4n) is 2.33. The molecule has 0 unspecified atom stereocenters. The van der Waals surface area contributed by atoms with E-state index in [1.165, 1.54) is 6.20 Å². The Morgan fingerprint density at radius 3 is 2.95 bits per heavy atom. The van der Waals surface area contributed by atoms with Crippen molar-refractivity contribution >= 4 is 21.9 Å². The van der Waals surface area contributed by atoms with Crippen LogP contribution in [-0.4, -0.2) is 15.9 Å². The first-order valence-corrected chi connectivity index (χ1v) is 7.62. The van der Waals surface area contributed by atoms with Gasteiger partial charge in [0.05, 0.1) is 11.7 Å². The van der Waals surface area contributed by atoms with Crippen LogP contribution in [0.5, 0.6) is 0 Å². The Morgan fingerprint density at radius 1 is 1.48 bits per heavy atom. The highest BCUT2D eigenvalue weighted by Gasteiger charge is 2.37. The van der Waals surface area contributed by atoms with Crippen LogP contribution in [0, 0.1) is 0 Å². The number of hydrogen-bond donors (Lipinski definition) is 2. The smallest absolute Gasteiger partial charge is 0.356 e. The first-order valence-electron chi connectivity index (χ1n) is 6.83. The lowest BCUT2D eigenvalue weighted by Gasteiger charge is -2.35. The number of ether oxygens (including phenoxy) is 1. The van der Waals surface area contributed by atoms with Crippen LogP contribution in [-0.2, 0) is 16.9 Å². The van der Waals surface area contributed by atoms with Gasteiger partial charge in [-0.2, -0.15) is 0 Å². The topological polar surface area (TPSA) is 81.0 Å². The largest absolute Gasteiger partial charge is 0.456 e. The summed E-state index contributed by atoms with van der Waals surface area (Å²) in [4.78, 5) is 19.2. The number of nitrogens with one attached hydrogen (secondary N) is 1. The molecule has 0 aliphatic heterocycles. The molecule has 1 saturated carbocycles. The molecule has 1 aromatic heterocycles. The van der Waals surface area contributed by atoms with Crippen molar-refractivity contribution in [1.29, 1.82) is 0 Å². The molecule has 6 heteroatoms. The molecular weight excluding hydrogens is 334 g/mol. The molecule has 1 aliphatic carbocycles. The maximum Gasteiger partial charge on any atom is 0.356 e. The van der Waals surface area contributed by atoms with Crippen LogP contribution in [0.4, 0.5) is 0 Å². The highest BCUT2D eigenvalue weighted by molar-refractivity contribution is 9.10. The lowest BCUT2D eigenvalue weighted by molar-refractivity contribution is 0.0466. The zero-order chi connectivity index (χ0) is 14.9. The predicted molar refractivity (Wildman–Crippen MR) is 81.6 cm³/mol. The summed E-state index contributed by atoms with van der Waals surface area (Å²) in [5, 5.41) is 0. The molecule has 1 fully saturated rings. The number of hydrogen-bond acceptors (Lipinski definition) is 4. The molecule has 0 bridgehead atoms. The summed E-state index contributed by atoms with van der Waals surface area (Å²) < 4.78 is 6.23. The van der Waals surface area contributed by atoms with Crippen LogP contribution in [0.2, 0.25) is 0 Å². The highest BCUT2D eigenvalue weighted by Crippen LogP contribution is 2.36. The van der Waals surface area contributed by atoms with Crippen molar-refractivity contribution in [2.45, 2.75) is 31.4 Å². The van der Waals surface area contributed by atoms with E-state index < -0.39 is 11.5 Å². The number of benzene rings is 1. The molecule has 0 amide bonds. The molecule has 1 aromatic carbocycles. The zero-order valence-corrected chi connectivity index (χ0v) is 13.0. The van der Waals surface area contributed by atoms with E-state index >= 15 is 0 Å². The van der Waals surface area contributed by atoms with Crippen LogP contribution in [0.3, 0.4) is 0 Å². The number of esters is 1. The van der Waals surface area contributed by atoms with E-state index in [0.29, 0.717) is 11.5 Å². The number of nitrogens with two attached hydrogens (primary N) is 1. The minimum Gasteiger partial charge on any atom is -0.456 e. The highest BCUT2D eigenvalue weighted by atomic mass is 79.9. The van der Waals surface area contributed by atoms with Gasteiger partial charge in [-0.1, -0.05) is 28.1 Å². The number of halogens is 1. The zero-order valence-electron chi connectivity index (χ0n) is 11.4. The predicted octanol–water partition coefficient (Wildman–Crippen LogP) is 2.87. The van der Waals surface area contributed by atoms with Gasteiger partial charge in [-0.25, -0.2) is 9.78 Å². The van der Waals surface area contributed by atoms with Crippen LogP contribution in [0.1, 0.15) is 41.1 Å². The van der Waals surface area contributed by atoms with E-state index in [-0.39, 0.29) is 6.61 Å². The Bertz CT molecular complexity index is 664. The Labute approximate surface area is 131 Å². The number of aromatic amines is 1. The first-order chi connectivity index (χ1) is 10.1. The Morgan fingerprint density at radius 2 is 2.29 bits per heavy atom. The van der Waals surface area contributed by atoms with Crippen molar-refractivity contribution in [1.82, 2.24) is 9.97 Å². The van der Waals surface area contributed by atoms with Gasteiger partial charge in [-0.15, -0.1) is 0 Å². The average molecular weight is 350 g/mol. The molecule has 5 nitrogen and oxygen atoms in total. The third kappa shape index (κ3) is 3.01. The minimum absolute atomic E-state index is 0.223. The molecule has 110 valence electrons. The van der Waals surface area contributed by atoms with E-state index in [9.17, 15) is 4.79 Å². The lowest BCUT2D eigenvalue weighted by atomic mass is 9.77. The third-order valence-corrected chi connectivity index (χ3v) is 4.27. The number of aromatic nitrogens is 2. The maximum atomic E-state index is 12.0. The van der Waals surface area contributed by atoms with Gasteiger partial charge < -0.3 is 15.5 Å². The van der Waals surface area contributed by atoms with Crippen molar-refractivity contribution < 1.29 is 9.53 Å². The number of carbonyl (C=O) groups excluding carboxylic acids is 1. The average Bonchev–Trinajstić information content (AvgIpc) is 2.92. The fraction of sp³-hybridized carbons (Fsp3) is 0.333. The number of rotatable bonds is 4. The molecule has 0 spiro atoms. The summed E-state index contributed by atoms with van der Waals surface area (Å²) in [7, 11) is 0. The monoisotopic (exact) mass is 349 g/mol. The third-order valence-electron chi connectivity index (χ3n) is 3.77. The van der Waals surface area contributed by atoms with Crippen molar-refractivity contribution in [2.75, 3.05) is 0 Å². The van der Waals surface area contributed by atoms with E-state index in [4.69, 9.17) is 10.5 Å². The molecule has 0 radical (unpaired) electrons. The van der Waals surface area contributed by atoms with Gasteiger partial charge >= 0.3 is 5.97 Å². The number of carbonyl (C=O) groups is 1. The number of H-pyrrole nitrogens is 1. The van der Waals surface area contributed by atoms with Crippen molar-refractivity contribution in [3.05, 3.63) is 52.0 Å². The van der Waals surface area contributed by atoms with Gasteiger partial charge in [0.2, 0.25) is 0 Å². The Balaban J connectivity index is 1.63. The molecule has 3 N–H and O–H groups in total. The molecule has 2 aromatic rings. The lowest BCUT2D eigenvalue weighted by Crippen LogP contribution is -2.44. The number of imidazole rings is 1. The van der Waals surface area contributed by atoms with Crippen molar-refractivity contribution in [3.8, 4) is 0 Å². The fourth-order valence-corrected chi connectivity index (χ4v) is 2.77. The van der Waals surface area contributed by atoms with E-state index in [2.05, 4.69) is 25.9 Å². The summed E-state index contributed by atoms with van der Waals surface area (Å²) in [6, 6.07) is 7.64. The van der Waals surface area contributed by atoms with Crippen LogP contribution < -0.4 is 5.73 Å². The van der Waals surface area contributed by atoms with Gasteiger partial charge in [0.15, 0.2) is 0 Å². The molecule has 3 rings (SSSR count). The normalized spacial score (nSPS) is 16.3. The van der Waals surface area contributed by atoms with Crippen molar-refractivity contribution in [2.24, 2.45) is 5.73 Å². The van der Waals surface area contributed by atoms with Gasteiger partial charge in [0.25, 0.3) is 0 Å². The van der Waals surface area contributed by atoms with Crippen LogP contribution >= 0.6 is 15.9 Å². The molecule has 21 heavy (non-hydrogen) atoms. The number of nitrogens with zero attached hydrogens (tertiary/aromatic N) is 1. The molecule has 1 heterocycles. The Hall–Kier alpha value is -1.66. The standard InChI is InChI=1S/C15H16BrN3O2/c16-11-4-1-3-10(7-11)9-21-13(20)12-8-18-14(19-12)15(17)5-2-6-15/h1,3-4,7-8H,2,5-6,9,17H2,(H,18,19). The summed E-state index contributed by atoms with van der Waals surface area (Å²) in [6.45, 7) is 0.223. The van der Waals surface area contributed by atoms with Gasteiger partial charge in [0.1, 0.15) is 18.1 Å². The second-order valence-electron chi connectivity index (χ2n) is 5.36. The van der Waals surface area contributed by atoms with E-state index in [0.717, 1.165) is 29.3 Å². The summed E-state index contributed by atoms with van der Waals surface area (Å²) in [5.41, 5.74) is 7.04. The first kappa shape index (κ1) is 14.3. The maximum absolute atomic E-state index is 12.0. The summed E-state index contributed by atoms with van der Waals surface area (Å²) >= 11 is 3.38. The quantitative estimate of drug-likeness (QED) is 0.831. The molecule has 0 atom stereocenters. The van der Waals surface area contributed by atoms with Gasteiger partial charge in [0, 0.05) is 4.47 Å². The molecular formula is C15H16BrN3O2. The molecule has 1 aliphatic rings. The van der Waals surface area contributed by atoms with Crippen LogP contribution in [0.15, 0.2) is 34.9 Å². The second kappa shape index (κ2) is 5.61.